The van der Waals surface area contributed by atoms with Gasteiger partial charge in [0.15, 0.2) is 0 Å². The highest BCUT2D eigenvalue weighted by atomic mass is 32.2. The largest absolute Gasteiger partial charge is 0.338 e. The molecule has 0 radical (unpaired) electrons. The van der Waals surface area contributed by atoms with Crippen molar-refractivity contribution in [2.24, 2.45) is 0 Å². The molecule has 23 heavy (non-hydrogen) atoms. The van der Waals surface area contributed by atoms with E-state index >= 15 is 0 Å². The second kappa shape index (κ2) is 6.22. The van der Waals surface area contributed by atoms with Gasteiger partial charge in [-0.1, -0.05) is 6.07 Å². The number of rotatable bonds is 2. The van der Waals surface area contributed by atoms with Gasteiger partial charge in [-0.3, -0.25) is 4.79 Å². The number of hydrogen-bond donors (Lipinski definition) is 0. The number of benzene rings is 1. The number of hydrogen-bond acceptors (Lipinski definition) is 4. The maximum atomic E-state index is 12.8. The van der Waals surface area contributed by atoms with Gasteiger partial charge < -0.3 is 9.80 Å². The van der Waals surface area contributed by atoms with Crippen LogP contribution in [0.2, 0.25) is 0 Å². The van der Waals surface area contributed by atoms with Gasteiger partial charge in [-0.15, -0.1) is 0 Å². The Hall–Kier alpha value is -1.44. The molecule has 0 bridgehead atoms. The zero-order chi connectivity index (χ0) is 16.6. The van der Waals surface area contributed by atoms with Crippen molar-refractivity contribution >= 4 is 15.9 Å². The lowest BCUT2D eigenvalue weighted by Crippen LogP contribution is -2.47. The van der Waals surface area contributed by atoms with Crippen LogP contribution in [0.5, 0.6) is 0 Å². The van der Waals surface area contributed by atoms with E-state index in [0.717, 1.165) is 30.6 Å². The first-order chi connectivity index (χ1) is 10.9. The van der Waals surface area contributed by atoms with Gasteiger partial charge >= 0.3 is 0 Å². The quantitative estimate of drug-likeness (QED) is 0.790. The Bertz CT molecular complexity index is 709. The number of amides is 1. The van der Waals surface area contributed by atoms with Crippen molar-refractivity contribution in [3.8, 4) is 0 Å². The second-order valence-electron chi connectivity index (χ2n) is 6.33. The lowest BCUT2D eigenvalue weighted by atomic mass is 10.00. The fourth-order valence-electron chi connectivity index (χ4n) is 3.14. The zero-order valence-electron chi connectivity index (χ0n) is 13.7. The minimum Gasteiger partial charge on any atom is -0.338 e. The van der Waals surface area contributed by atoms with Gasteiger partial charge in [0.05, 0.1) is 4.90 Å². The van der Waals surface area contributed by atoms with Crippen LogP contribution in [0.15, 0.2) is 23.1 Å². The van der Waals surface area contributed by atoms with Crippen LogP contribution >= 0.6 is 0 Å². The summed E-state index contributed by atoms with van der Waals surface area (Å²) in [5.41, 5.74) is 2.08. The Morgan fingerprint density at radius 1 is 1.04 bits per heavy atom. The van der Waals surface area contributed by atoms with Crippen LogP contribution < -0.4 is 0 Å². The van der Waals surface area contributed by atoms with E-state index in [-0.39, 0.29) is 5.91 Å². The minimum absolute atomic E-state index is 0.0305. The van der Waals surface area contributed by atoms with E-state index in [1.807, 2.05) is 13.1 Å². The van der Waals surface area contributed by atoms with Crippen molar-refractivity contribution in [2.75, 3.05) is 39.8 Å². The van der Waals surface area contributed by atoms with Crippen LogP contribution in [0.4, 0.5) is 0 Å². The molecule has 0 saturated carbocycles. The molecular formula is C16H23N3O3S. The molecule has 2 aliphatic heterocycles. The molecule has 1 fully saturated rings. The summed E-state index contributed by atoms with van der Waals surface area (Å²) in [4.78, 5) is 15.8. The van der Waals surface area contributed by atoms with E-state index in [0.29, 0.717) is 31.1 Å². The van der Waals surface area contributed by atoms with E-state index in [9.17, 15) is 13.2 Å². The Morgan fingerprint density at radius 2 is 1.74 bits per heavy atom. The molecule has 1 aromatic rings. The number of likely N-dealkylation sites (N-methyl/N-ethyl adjacent to an activating group) is 1. The molecule has 1 saturated heterocycles. The number of nitrogens with zero attached hydrogens (tertiary/aromatic N) is 3. The molecule has 0 unspecified atom stereocenters. The third kappa shape index (κ3) is 3.27. The van der Waals surface area contributed by atoms with Crippen LogP contribution in [0.1, 0.15) is 18.1 Å². The van der Waals surface area contributed by atoms with E-state index in [1.54, 1.807) is 28.3 Å². The average molecular weight is 337 g/mol. The highest BCUT2D eigenvalue weighted by Crippen LogP contribution is 2.25. The molecule has 0 aromatic heterocycles. The minimum atomic E-state index is -3.45. The van der Waals surface area contributed by atoms with Crippen LogP contribution in [0, 0.1) is 0 Å². The van der Waals surface area contributed by atoms with Crippen molar-refractivity contribution < 1.29 is 13.2 Å². The van der Waals surface area contributed by atoms with E-state index < -0.39 is 10.0 Å². The Labute approximate surface area is 137 Å². The van der Waals surface area contributed by atoms with Crippen LogP contribution in [0.25, 0.3) is 0 Å². The van der Waals surface area contributed by atoms with Crippen molar-refractivity contribution in [2.45, 2.75) is 24.8 Å². The molecule has 126 valence electrons. The van der Waals surface area contributed by atoms with Gasteiger partial charge in [0.2, 0.25) is 15.9 Å². The molecule has 3 rings (SSSR count). The SMILES string of the molecule is CC(=O)N1CCc2ccc(S(=O)(=O)N3CCN(C)CC3)cc2C1. The fourth-order valence-corrected chi connectivity index (χ4v) is 4.61. The van der Waals surface area contributed by atoms with E-state index in [4.69, 9.17) is 0 Å². The topological polar surface area (TPSA) is 60.9 Å². The highest BCUT2D eigenvalue weighted by Gasteiger charge is 2.28. The Balaban J connectivity index is 1.86. The monoisotopic (exact) mass is 337 g/mol. The van der Waals surface area contributed by atoms with E-state index in [1.165, 1.54) is 0 Å². The molecular weight excluding hydrogens is 314 g/mol. The summed E-state index contributed by atoms with van der Waals surface area (Å²) in [6, 6.07) is 5.35. The van der Waals surface area contributed by atoms with E-state index in [2.05, 4.69) is 4.90 Å². The summed E-state index contributed by atoms with van der Waals surface area (Å²) in [7, 11) is -1.45. The molecule has 0 aliphatic carbocycles. The van der Waals surface area contributed by atoms with Crippen LogP contribution in [-0.4, -0.2) is 68.2 Å². The van der Waals surface area contributed by atoms with Crippen molar-refractivity contribution in [3.63, 3.8) is 0 Å². The van der Waals surface area contributed by atoms with Gasteiger partial charge in [0.25, 0.3) is 0 Å². The van der Waals surface area contributed by atoms with Crippen molar-refractivity contribution in [1.82, 2.24) is 14.1 Å². The molecule has 2 heterocycles. The second-order valence-corrected chi connectivity index (χ2v) is 8.27. The fraction of sp³-hybridized carbons (Fsp3) is 0.562. The summed E-state index contributed by atoms with van der Waals surface area (Å²) in [6.07, 6.45) is 0.781. The summed E-state index contributed by atoms with van der Waals surface area (Å²) in [5, 5.41) is 0. The number of carbonyl (C=O) groups excluding carboxylic acids is 1. The Kier molecular flexibility index (Phi) is 4.44. The molecule has 1 amide bonds. The standard InChI is InChI=1S/C16H23N3O3S/c1-13(20)18-6-5-14-3-4-16(11-15(14)12-18)23(21,22)19-9-7-17(2)8-10-19/h3-4,11H,5-10,12H2,1-2H3. The lowest BCUT2D eigenvalue weighted by molar-refractivity contribution is -0.129. The molecule has 6 nitrogen and oxygen atoms in total. The summed E-state index contributed by atoms with van der Waals surface area (Å²) in [6.45, 7) is 5.30. The smallest absolute Gasteiger partial charge is 0.243 e. The third-order valence-corrected chi connectivity index (χ3v) is 6.63. The predicted octanol–water partition coefficient (Wildman–Crippen LogP) is 0.527. The first-order valence-electron chi connectivity index (χ1n) is 7.94. The molecule has 0 atom stereocenters. The van der Waals surface area contributed by atoms with Crippen LogP contribution in [0.3, 0.4) is 0 Å². The predicted molar refractivity (Wildman–Crippen MR) is 87.5 cm³/mol. The number of sulfonamides is 1. The first kappa shape index (κ1) is 16.4. The van der Waals surface area contributed by atoms with Gasteiger partial charge in [-0.05, 0) is 36.7 Å². The number of fused-ring (bicyclic) bond motifs is 1. The maximum Gasteiger partial charge on any atom is 0.243 e. The number of piperazine rings is 1. The molecule has 0 spiro atoms. The van der Waals surface area contributed by atoms with Crippen molar-refractivity contribution in [3.05, 3.63) is 29.3 Å². The Morgan fingerprint density at radius 3 is 2.39 bits per heavy atom. The number of carbonyl (C=O) groups is 1. The maximum absolute atomic E-state index is 12.8. The zero-order valence-corrected chi connectivity index (χ0v) is 14.5. The molecule has 0 N–H and O–H groups in total. The van der Waals surface area contributed by atoms with Crippen LogP contribution in [-0.2, 0) is 27.8 Å². The van der Waals surface area contributed by atoms with Gasteiger partial charge in [-0.25, -0.2) is 8.42 Å². The van der Waals surface area contributed by atoms with Gasteiger partial charge in [-0.2, -0.15) is 4.31 Å². The summed E-state index contributed by atoms with van der Waals surface area (Å²) >= 11 is 0. The normalized spacial score (nSPS) is 20.3. The first-order valence-corrected chi connectivity index (χ1v) is 9.38. The van der Waals surface area contributed by atoms with Gasteiger partial charge in [0, 0.05) is 46.2 Å². The summed E-state index contributed by atoms with van der Waals surface area (Å²) < 4.78 is 27.2. The third-order valence-electron chi connectivity index (χ3n) is 4.74. The molecule has 7 heteroatoms. The highest BCUT2D eigenvalue weighted by molar-refractivity contribution is 7.89. The van der Waals surface area contributed by atoms with Crippen molar-refractivity contribution in [1.29, 1.82) is 0 Å². The summed E-state index contributed by atoms with van der Waals surface area (Å²) in [5.74, 6) is 0.0305. The molecule has 2 aliphatic rings. The lowest BCUT2D eigenvalue weighted by Gasteiger charge is -2.32. The average Bonchev–Trinajstić information content (AvgIpc) is 2.54. The van der Waals surface area contributed by atoms with Gasteiger partial charge in [0.1, 0.15) is 0 Å². The molecule has 1 aromatic carbocycles.